The summed E-state index contributed by atoms with van der Waals surface area (Å²) in [5, 5.41) is 3.54. The van der Waals surface area contributed by atoms with Crippen molar-refractivity contribution in [2.24, 2.45) is 0 Å². The lowest BCUT2D eigenvalue weighted by Crippen LogP contribution is -2.15. The number of hydrogen-bond donors (Lipinski definition) is 1. The molecule has 0 aliphatic rings. The van der Waals surface area contributed by atoms with E-state index in [1.54, 1.807) is 31.2 Å². The summed E-state index contributed by atoms with van der Waals surface area (Å²) in [5.41, 5.74) is 2.14. The lowest BCUT2D eigenvalue weighted by molar-refractivity contribution is -0.113. The third kappa shape index (κ3) is 5.33. The van der Waals surface area contributed by atoms with Gasteiger partial charge in [-0.25, -0.2) is 4.98 Å². The number of amides is 1. The predicted octanol–water partition coefficient (Wildman–Crippen LogP) is 4.87. The predicted molar refractivity (Wildman–Crippen MR) is 125 cm³/mol. The summed E-state index contributed by atoms with van der Waals surface area (Å²) in [4.78, 5) is 29.9. The Labute approximate surface area is 193 Å². The molecule has 0 saturated carbocycles. The standard InChI is InChI=1S/C23H20ClN3O4S/c1-14-3-6-17(26-22(28)13-32-19-7-4-16(24)5-8-19)10-20(14)30-12-18-11-23(29)27-21(25-18)9-15(2)31-27/h3-11H,12-13H2,1-2H3,(H,26,28). The fraction of sp³-hybridized carbons (Fsp3) is 0.174. The molecule has 0 spiro atoms. The molecular formula is C23H20ClN3O4S. The van der Waals surface area contributed by atoms with Gasteiger partial charge in [0, 0.05) is 33.8 Å². The van der Waals surface area contributed by atoms with E-state index in [0.29, 0.717) is 33.6 Å². The van der Waals surface area contributed by atoms with Crippen molar-refractivity contribution < 1.29 is 14.1 Å². The van der Waals surface area contributed by atoms with Crippen molar-refractivity contribution in [1.82, 2.24) is 9.56 Å². The molecule has 2 heterocycles. The first-order valence-corrected chi connectivity index (χ1v) is 11.1. The Hall–Kier alpha value is -3.23. The fourth-order valence-corrected chi connectivity index (χ4v) is 3.83. The van der Waals surface area contributed by atoms with Gasteiger partial charge in [-0.1, -0.05) is 17.7 Å². The van der Waals surface area contributed by atoms with Crippen molar-refractivity contribution in [1.29, 1.82) is 0 Å². The minimum Gasteiger partial charge on any atom is -0.487 e. The molecule has 0 unspecified atom stereocenters. The average Bonchev–Trinajstić information content (AvgIpc) is 3.14. The molecule has 1 amide bonds. The van der Waals surface area contributed by atoms with E-state index in [1.165, 1.54) is 17.8 Å². The van der Waals surface area contributed by atoms with Gasteiger partial charge in [0.05, 0.1) is 11.4 Å². The van der Waals surface area contributed by atoms with Gasteiger partial charge in [-0.2, -0.15) is 0 Å². The first-order valence-electron chi connectivity index (χ1n) is 9.79. The smallest absolute Gasteiger partial charge is 0.287 e. The quantitative estimate of drug-likeness (QED) is 0.389. The Morgan fingerprint density at radius 2 is 1.94 bits per heavy atom. The largest absolute Gasteiger partial charge is 0.487 e. The first-order chi connectivity index (χ1) is 15.4. The highest BCUT2D eigenvalue weighted by Crippen LogP contribution is 2.25. The van der Waals surface area contributed by atoms with Crippen molar-refractivity contribution in [2.45, 2.75) is 25.3 Å². The van der Waals surface area contributed by atoms with Gasteiger partial charge in [0.25, 0.3) is 5.56 Å². The maximum absolute atomic E-state index is 12.3. The average molecular weight is 470 g/mol. The van der Waals surface area contributed by atoms with Crippen LogP contribution in [0.15, 0.2) is 68.8 Å². The third-order valence-electron chi connectivity index (χ3n) is 4.56. The van der Waals surface area contributed by atoms with Crippen LogP contribution in [-0.2, 0) is 11.4 Å². The molecule has 0 aliphatic heterocycles. The lowest BCUT2D eigenvalue weighted by atomic mass is 10.2. The minimum atomic E-state index is -0.308. The second kappa shape index (κ2) is 9.50. The summed E-state index contributed by atoms with van der Waals surface area (Å²) >= 11 is 7.31. The van der Waals surface area contributed by atoms with Gasteiger partial charge in [0.2, 0.25) is 5.91 Å². The Morgan fingerprint density at radius 3 is 2.72 bits per heavy atom. The number of anilines is 1. The number of ether oxygens (including phenoxy) is 1. The normalized spacial score (nSPS) is 11.0. The fourth-order valence-electron chi connectivity index (χ4n) is 3.01. The van der Waals surface area contributed by atoms with E-state index < -0.39 is 0 Å². The van der Waals surface area contributed by atoms with Crippen molar-refractivity contribution in [3.63, 3.8) is 0 Å². The number of aromatic nitrogens is 2. The topological polar surface area (TPSA) is 85.8 Å². The van der Waals surface area contributed by atoms with Gasteiger partial charge in [-0.05, 0) is 49.7 Å². The number of nitrogens with zero attached hydrogens (tertiary/aromatic N) is 2. The number of carbonyl (C=O) groups excluding carboxylic acids is 1. The number of aryl methyl sites for hydroxylation is 2. The molecule has 0 aliphatic carbocycles. The van der Waals surface area contributed by atoms with Crippen LogP contribution < -0.4 is 15.6 Å². The first kappa shape index (κ1) is 22.0. The third-order valence-corrected chi connectivity index (χ3v) is 5.82. The Bertz CT molecular complexity index is 1330. The van der Waals surface area contributed by atoms with Crippen molar-refractivity contribution in [3.8, 4) is 5.75 Å². The van der Waals surface area contributed by atoms with Crippen LogP contribution in [0.25, 0.3) is 5.65 Å². The van der Waals surface area contributed by atoms with Crippen LogP contribution in [0.5, 0.6) is 5.75 Å². The van der Waals surface area contributed by atoms with E-state index in [4.69, 9.17) is 20.9 Å². The summed E-state index contributed by atoms with van der Waals surface area (Å²) in [6, 6.07) is 15.8. The molecule has 2 aromatic heterocycles. The molecule has 164 valence electrons. The molecule has 0 atom stereocenters. The van der Waals surface area contributed by atoms with Gasteiger partial charge in [-0.3, -0.25) is 9.59 Å². The van der Waals surface area contributed by atoms with E-state index in [2.05, 4.69) is 10.3 Å². The monoisotopic (exact) mass is 469 g/mol. The summed E-state index contributed by atoms with van der Waals surface area (Å²) in [5.74, 6) is 1.33. The molecular weight excluding hydrogens is 450 g/mol. The zero-order valence-electron chi connectivity index (χ0n) is 17.4. The molecule has 2 aromatic carbocycles. The second-order valence-electron chi connectivity index (χ2n) is 7.14. The summed E-state index contributed by atoms with van der Waals surface area (Å²) < 4.78 is 12.3. The van der Waals surface area contributed by atoms with Crippen LogP contribution in [0.1, 0.15) is 17.0 Å². The van der Waals surface area contributed by atoms with Crippen LogP contribution in [0.3, 0.4) is 0 Å². The van der Waals surface area contributed by atoms with Crippen molar-refractivity contribution in [3.05, 3.63) is 87.0 Å². The Kier molecular flexibility index (Phi) is 6.53. The number of fused-ring (bicyclic) bond motifs is 1. The highest BCUT2D eigenvalue weighted by molar-refractivity contribution is 8.00. The van der Waals surface area contributed by atoms with Crippen LogP contribution >= 0.6 is 23.4 Å². The molecule has 0 radical (unpaired) electrons. The number of carbonyl (C=O) groups is 1. The van der Waals surface area contributed by atoms with Gasteiger partial charge in [0.1, 0.15) is 18.1 Å². The van der Waals surface area contributed by atoms with E-state index in [9.17, 15) is 9.59 Å². The highest BCUT2D eigenvalue weighted by atomic mass is 35.5. The summed E-state index contributed by atoms with van der Waals surface area (Å²) in [7, 11) is 0. The van der Waals surface area contributed by atoms with E-state index >= 15 is 0 Å². The zero-order chi connectivity index (χ0) is 22.7. The Balaban J connectivity index is 1.39. The number of halogens is 1. The van der Waals surface area contributed by atoms with Crippen LogP contribution in [0.2, 0.25) is 5.02 Å². The minimum absolute atomic E-state index is 0.112. The highest BCUT2D eigenvalue weighted by Gasteiger charge is 2.10. The van der Waals surface area contributed by atoms with E-state index in [0.717, 1.165) is 15.0 Å². The van der Waals surface area contributed by atoms with Gasteiger partial charge in [0.15, 0.2) is 5.65 Å². The van der Waals surface area contributed by atoms with E-state index in [1.807, 2.05) is 31.2 Å². The SMILES string of the molecule is Cc1cc2nc(COc3cc(NC(=O)CSc4ccc(Cl)cc4)ccc3C)cc(=O)n2o1. The van der Waals surface area contributed by atoms with Crippen LogP contribution in [-0.4, -0.2) is 21.2 Å². The maximum Gasteiger partial charge on any atom is 0.287 e. The molecule has 0 bridgehead atoms. The molecule has 7 nitrogen and oxygen atoms in total. The molecule has 0 fully saturated rings. The van der Waals surface area contributed by atoms with Crippen LogP contribution in [0.4, 0.5) is 5.69 Å². The van der Waals surface area contributed by atoms with Gasteiger partial charge < -0.3 is 14.6 Å². The van der Waals surface area contributed by atoms with Gasteiger partial charge in [-0.15, -0.1) is 16.3 Å². The summed E-state index contributed by atoms with van der Waals surface area (Å²) in [6.45, 7) is 3.77. The lowest BCUT2D eigenvalue weighted by Gasteiger charge is -2.12. The molecule has 4 aromatic rings. The van der Waals surface area contributed by atoms with E-state index in [-0.39, 0.29) is 23.8 Å². The molecule has 4 rings (SSSR count). The summed E-state index contributed by atoms with van der Waals surface area (Å²) in [6.07, 6.45) is 0. The molecule has 32 heavy (non-hydrogen) atoms. The number of benzene rings is 2. The van der Waals surface area contributed by atoms with Crippen LogP contribution in [0, 0.1) is 13.8 Å². The second-order valence-corrected chi connectivity index (χ2v) is 8.63. The number of hydrogen-bond acceptors (Lipinski definition) is 6. The number of rotatable bonds is 7. The Morgan fingerprint density at radius 1 is 1.16 bits per heavy atom. The zero-order valence-corrected chi connectivity index (χ0v) is 19.0. The maximum atomic E-state index is 12.3. The number of nitrogens with one attached hydrogen (secondary N) is 1. The number of thioether (sulfide) groups is 1. The molecule has 0 saturated heterocycles. The molecule has 9 heteroatoms. The molecule has 1 N–H and O–H groups in total. The van der Waals surface area contributed by atoms with Crippen molar-refractivity contribution >= 4 is 40.6 Å². The van der Waals surface area contributed by atoms with Gasteiger partial charge >= 0.3 is 0 Å². The van der Waals surface area contributed by atoms with Crippen molar-refractivity contribution in [2.75, 3.05) is 11.1 Å².